The van der Waals surface area contributed by atoms with Gasteiger partial charge in [-0.1, -0.05) is 66.7 Å². The van der Waals surface area contributed by atoms with E-state index in [2.05, 4.69) is 34.6 Å². The van der Waals surface area contributed by atoms with Crippen LogP contribution in [-0.2, 0) is 4.74 Å². The molecular formula is C14H32O. The lowest BCUT2D eigenvalue weighted by Gasteiger charge is -2.04. The highest BCUT2D eigenvalue weighted by Crippen LogP contribution is 2.09. The number of ether oxygens (including phenoxy) is 1. The van der Waals surface area contributed by atoms with Crippen molar-refractivity contribution < 1.29 is 4.74 Å². The molecule has 0 heterocycles. The summed E-state index contributed by atoms with van der Waals surface area (Å²) in [7, 11) is 1.74. The standard InChI is InChI=1S/C8H18.C6H14O/c1-4-6-7-8(3)5-2;1-4-6(2)5-7-3/h8H,4-7H2,1-3H3;6H,4-5H2,1-3H3. The minimum absolute atomic E-state index is 0.727. The van der Waals surface area contributed by atoms with Crippen molar-refractivity contribution in [1.82, 2.24) is 0 Å². The SMILES string of the molecule is CCC(C)COC.CCCCC(C)CC. The molecule has 1 nitrogen and oxygen atoms in total. The maximum atomic E-state index is 4.89. The number of rotatable bonds is 7. The molecule has 0 radical (unpaired) electrons. The van der Waals surface area contributed by atoms with Crippen molar-refractivity contribution in [2.45, 2.75) is 66.7 Å². The van der Waals surface area contributed by atoms with Gasteiger partial charge in [-0.15, -0.1) is 0 Å². The first-order valence-corrected chi connectivity index (χ1v) is 6.61. The molecule has 0 spiro atoms. The van der Waals surface area contributed by atoms with Crippen LogP contribution in [0.1, 0.15) is 66.7 Å². The van der Waals surface area contributed by atoms with Crippen LogP contribution in [0.2, 0.25) is 0 Å². The van der Waals surface area contributed by atoms with Crippen LogP contribution in [-0.4, -0.2) is 13.7 Å². The first-order valence-electron chi connectivity index (χ1n) is 6.61. The van der Waals surface area contributed by atoms with Crippen LogP contribution < -0.4 is 0 Å². The van der Waals surface area contributed by atoms with Crippen molar-refractivity contribution in [3.63, 3.8) is 0 Å². The van der Waals surface area contributed by atoms with Gasteiger partial charge >= 0.3 is 0 Å². The minimum Gasteiger partial charge on any atom is -0.384 e. The highest BCUT2D eigenvalue weighted by atomic mass is 16.5. The fourth-order valence-corrected chi connectivity index (χ4v) is 1.16. The number of unbranched alkanes of at least 4 members (excludes halogenated alkanes) is 1. The van der Waals surface area contributed by atoms with Crippen molar-refractivity contribution in [3.8, 4) is 0 Å². The van der Waals surface area contributed by atoms with E-state index in [1.54, 1.807) is 7.11 Å². The molecule has 0 aromatic carbocycles. The van der Waals surface area contributed by atoms with Gasteiger partial charge in [0.2, 0.25) is 0 Å². The molecule has 0 aliphatic carbocycles. The van der Waals surface area contributed by atoms with E-state index in [1.807, 2.05) is 0 Å². The number of methoxy groups -OCH3 is 1. The Morgan fingerprint density at radius 2 is 1.47 bits per heavy atom. The van der Waals surface area contributed by atoms with E-state index in [0.29, 0.717) is 0 Å². The van der Waals surface area contributed by atoms with Crippen molar-refractivity contribution in [2.75, 3.05) is 13.7 Å². The van der Waals surface area contributed by atoms with Crippen LogP contribution in [0.4, 0.5) is 0 Å². The monoisotopic (exact) mass is 216 g/mol. The van der Waals surface area contributed by atoms with Gasteiger partial charge in [0.15, 0.2) is 0 Å². The largest absolute Gasteiger partial charge is 0.384 e. The van der Waals surface area contributed by atoms with Gasteiger partial charge in [-0.2, -0.15) is 0 Å². The second-order valence-corrected chi connectivity index (χ2v) is 4.62. The van der Waals surface area contributed by atoms with Gasteiger partial charge in [0.1, 0.15) is 0 Å². The molecule has 0 amide bonds. The van der Waals surface area contributed by atoms with E-state index in [-0.39, 0.29) is 0 Å². The Bertz CT molecular complexity index is 102. The number of hydrogen-bond acceptors (Lipinski definition) is 1. The summed E-state index contributed by atoms with van der Waals surface area (Å²) in [5, 5.41) is 0. The molecule has 2 atom stereocenters. The zero-order valence-electron chi connectivity index (χ0n) is 11.8. The van der Waals surface area contributed by atoms with Gasteiger partial charge in [0.05, 0.1) is 0 Å². The molecule has 0 bridgehead atoms. The molecule has 0 N–H and O–H groups in total. The van der Waals surface area contributed by atoms with E-state index in [1.165, 1.54) is 32.1 Å². The van der Waals surface area contributed by atoms with Crippen molar-refractivity contribution in [2.24, 2.45) is 11.8 Å². The predicted molar refractivity (Wildman–Crippen MR) is 70.3 cm³/mol. The van der Waals surface area contributed by atoms with Crippen molar-refractivity contribution in [1.29, 1.82) is 0 Å². The molecule has 0 fully saturated rings. The van der Waals surface area contributed by atoms with Crippen molar-refractivity contribution in [3.05, 3.63) is 0 Å². The van der Waals surface area contributed by atoms with E-state index in [4.69, 9.17) is 4.74 Å². The average molecular weight is 216 g/mol. The predicted octanol–water partition coefficient (Wildman–Crippen LogP) is 4.90. The van der Waals surface area contributed by atoms with Crippen LogP contribution in [0.3, 0.4) is 0 Å². The van der Waals surface area contributed by atoms with E-state index < -0.39 is 0 Å². The van der Waals surface area contributed by atoms with Gasteiger partial charge in [-0.3, -0.25) is 0 Å². The third-order valence-electron chi connectivity index (χ3n) is 2.90. The summed E-state index contributed by atoms with van der Waals surface area (Å²) in [6, 6.07) is 0. The molecule has 15 heavy (non-hydrogen) atoms. The van der Waals surface area contributed by atoms with Crippen LogP contribution >= 0.6 is 0 Å². The Kier molecular flexibility index (Phi) is 16.2. The lowest BCUT2D eigenvalue weighted by molar-refractivity contribution is 0.158. The van der Waals surface area contributed by atoms with Gasteiger partial charge < -0.3 is 4.74 Å². The highest BCUT2D eigenvalue weighted by molar-refractivity contribution is 4.47. The Morgan fingerprint density at radius 1 is 0.933 bits per heavy atom. The van der Waals surface area contributed by atoms with Gasteiger partial charge in [-0.25, -0.2) is 0 Å². The molecular weight excluding hydrogens is 184 g/mol. The van der Waals surface area contributed by atoms with Crippen LogP contribution in [0, 0.1) is 11.8 Å². The second kappa shape index (κ2) is 14.0. The molecule has 0 rings (SSSR count). The minimum atomic E-state index is 0.727. The second-order valence-electron chi connectivity index (χ2n) is 4.62. The molecule has 1 heteroatoms. The summed E-state index contributed by atoms with van der Waals surface area (Å²) in [5.74, 6) is 1.68. The molecule has 94 valence electrons. The van der Waals surface area contributed by atoms with E-state index in [0.717, 1.165) is 18.4 Å². The Morgan fingerprint density at radius 3 is 1.73 bits per heavy atom. The Hall–Kier alpha value is -0.0400. The molecule has 0 aromatic heterocycles. The Labute approximate surface area is 97.6 Å². The summed E-state index contributed by atoms with van der Waals surface area (Å²) in [4.78, 5) is 0. The summed E-state index contributed by atoms with van der Waals surface area (Å²) < 4.78 is 4.89. The molecule has 2 unspecified atom stereocenters. The first kappa shape index (κ1) is 17.4. The number of hydrogen-bond donors (Lipinski definition) is 0. The van der Waals surface area contributed by atoms with Gasteiger partial charge in [-0.05, 0) is 11.8 Å². The maximum absolute atomic E-state index is 4.89. The van der Waals surface area contributed by atoms with Crippen LogP contribution in [0.15, 0.2) is 0 Å². The molecule has 0 saturated carbocycles. The Balaban J connectivity index is 0. The quantitative estimate of drug-likeness (QED) is 0.588. The van der Waals surface area contributed by atoms with Gasteiger partial charge in [0.25, 0.3) is 0 Å². The van der Waals surface area contributed by atoms with Crippen LogP contribution in [0.5, 0.6) is 0 Å². The lowest BCUT2D eigenvalue weighted by Crippen LogP contribution is -2.00. The molecule has 0 aliphatic rings. The molecule has 0 aliphatic heterocycles. The maximum Gasteiger partial charge on any atom is 0.0487 e. The summed E-state index contributed by atoms with van der Waals surface area (Å²) in [5.41, 5.74) is 0. The van der Waals surface area contributed by atoms with E-state index >= 15 is 0 Å². The normalized spacial score (nSPS) is 14.0. The zero-order valence-corrected chi connectivity index (χ0v) is 11.8. The third-order valence-corrected chi connectivity index (χ3v) is 2.90. The summed E-state index contributed by atoms with van der Waals surface area (Å²) in [6.07, 6.45) is 6.75. The average Bonchev–Trinajstić information content (AvgIpc) is 2.26. The molecule has 0 saturated heterocycles. The third kappa shape index (κ3) is 16.6. The first-order chi connectivity index (χ1) is 7.12. The van der Waals surface area contributed by atoms with E-state index in [9.17, 15) is 0 Å². The topological polar surface area (TPSA) is 9.23 Å². The van der Waals surface area contributed by atoms with Gasteiger partial charge in [0, 0.05) is 13.7 Å². The summed E-state index contributed by atoms with van der Waals surface area (Å²) in [6.45, 7) is 12.1. The van der Waals surface area contributed by atoms with Crippen molar-refractivity contribution >= 4 is 0 Å². The smallest absolute Gasteiger partial charge is 0.0487 e. The lowest BCUT2D eigenvalue weighted by atomic mass is 10.0. The highest BCUT2D eigenvalue weighted by Gasteiger charge is 1.94. The fourth-order valence-electron chi connectivity index (χ4n) is 1.16. The summed E-state index contributed by atoms with van der Waals surface area (Å²) >= 11 is 0. The fraction of sp³-hybridized carbons (Fsp3) is 1.00. The zero-order chi connectivity index (χ0) is 12.1. The molecule has 0 aromatic rings. The van der Waals surface area contributed by atoms with Crippen LogP contribution in [0.25, 0.3) is 0 Å².